The maximum atomic E-state index is 12.3. The Morgan fingerprint density at radius 3 is 2.32 bits per heavy atom. The van der Waals surface area contributed by atoms with Gasteiger partial charge in [-0.1, -0.05) is 38.1 Å². The molecule has 0 bridgehead atoms. The van der Waals surface area contributed by atoms with E-state index in [0.29, 0.717) is 30.1 Å². The average Bonchev–Trinajstić information content (AvgIpc) is 2.60. The molecule has 0 spiro atoms. The number of benzene rings is 1. The highest BCUT2D eigenvalue weighted by atomic mass is 16.2. The molecule has 5 heteroatoms. The Bertz CT molecular complexity index is 741. The fourth-order valence-electron chi connectivity index (χ4n) is 2.35. The number of amides is 2. The molecule has 2 aromatic rings. The van der Waals surface area contributed by atoms with Crippen molar-refractivity contribution in [2.45, 2.75) is 33.7 Å². The van der Waals surface area contributed by atoms with Crippen LogP contribution in [-0.2, 0) is 6.54 Å². The first kappa shape index (κ1) is 18.6. The van der Waals surface area contributed by atoms with Crippen molar-refractivity contribution in [1.82, 2.24) is 15.6 Å². The minimum atomic E-state index is -0.243. The predicted octanol–water partition coefficient (Wildman–Crippen LogP) is 3.10. The van der Waals surface area contributed by atoms with Gasteiger partial charge in [-0.15, -0.1) is 0 Å². The number of aromatic nitrogens is 1. The number of carbonyl (C=O) groups is 2. The highest BCUT2D eigenvalue weighted by Gasteiger charge is 2.11. The summed E-state index contributed by atoms with van der Waals surface area (Å²) in [5.41, 5.74) is 2.96. The fraction of sp³-hybridized carbons (Fsp3) is 0.350. The maximum Gasteiger partial charge on any atom is 0.253 e. The molecule has 25 heavy (non-hydrogen) atoms. The second kappa shape index (κ2) is 8.97. The molecular formula is C20H25N3O2. The molecule has 0 aliphatic heterocycles. The monoisotopic (exact) mass is 339 g/mol. The van der Waals surface area contributed by atoms with E-state index in [-0.39, 0.29) is 11.8 Å². The minimum Gasteiger partial charge on any atom is -0.352 e. The Kier molecular flexibility index (Phi) is 6.69. The van der Waals surface area contributed by atoms with Crippen molar-refractivity contribution in [2.24, 2.45) is 5.92 Å². The van der Waals surface area contributed by atoms with Crippen LogP contribution < -0.4 is 10.6 Å². The normalized spacial score (nSPS) is 10.6. The van der Waals surface area contributed by atoms with Gasteiger partial charge in [0.15, 0.2) is 0 Å². The number of hydrogen-bond acceptors (Lipinski definition) is 3. The SMILES string of the molecule is Cc1ccccc1CNC(=O)c1cncc(C(=O)NCCC(C)C)c1. The van der Waals surface area contributed by atoms with E-state index in [9.17, 15) is 9.59 Å². The van der Waals surface area contributed by atoms with Crippen LogP contribution >= 0.6 is 0 Å². The van der Waals surface area contributed by atoms with E-state index < -0.39 is 0 Å². The van der Waals surface area contributed by atoms with Crippen LogP contribution in [0, 0.1) is 12.8 Å². The molecule has 5 nitrogen and oxygen atoms in total. The lowest BCUT2D eigenvalue weighted by Crippen LogP contribution is -2.27. The van der Waals surface area contributed by atoms with Crippen molar-refractivity contribution in [3.63, 3.8) is 0 Å². The third kappa shape index (κ3) is 5.71. The zero-order valence-electron chi connectivity index (χ0n) is 15.0. The van der Waals surface area contributed by atoms with Crippen LogP contribution in [0.4, 0.5) is 0 Å². The quantitative estimate of drug-likeness (QED) is 0.814. The van der Waals surface area contributed by atoms with Gasteiger partial charge in [0.05, 0.1) is 11.1 Å². The second-order valence-corrected chi connectivity index (χ2v) is 6.51. The van der Waals surface area contributed by atoms with Gasteiger partial charge in [-0.2, -0.15) is 0 Å². The number of carbonyl (C=O) groups excluding carboxylic acids is 2. The summed E-state index contributed by atoms with van der Waals surface area (Å²) in [6, 6.07) is 9.46. The molecule has 0 atom stereocenters. The van der Waals surface area contributed by atoms with Crippen LogP contribution in [0.25, 0.3) is 0 Å². The van der Waals surface area contributed by atoms with E-state index in [4.69, 9.17) is 0 Å². The van der Waals surface area contributed by atoms with E-state index >= 15 is 0 Å². The van der Waals surface area contributed by atoms with Crippen LogP contribution in [0.2, 0.25) is 0 Å². The average molecular weight is 339 g/mol. The van der Waals surface area contributed by atoms with Crippen molar-refractivity contribution in [3.05, 3.63) is 65.0 Å². The molecule has 0 radical (unpaired) electrons. The van der Waals surface area contributed by atoms with Crippen LogP contribution in [0.15, 0.2) is 42.7 Å². The van der Waals surface area contributed by atoms with Gasteiger partial charge in [0.1, 0.15) is 0 Å². The zero-order chi connectivity index (χ0) is 18.2. The highest BCUT2D eigenvalue weighted by Crippen LogP contribution is 2.08. The van der Waals surface area contributed by atoms with E-state index in [1.807, 2.05) is 31.2 Å². The Labute approximate surface area is 148 Å². The summed E-state index contributed by atoms with van der Waals surface area (Å²) in [7, 11) is 0. The van der Waals surface area contributed by atoms with Crippen LogP contribution in [-0.4, -0.2) is 23.3 Å². The molecule has 132 valence electrons. The number of hydrogen-bond donors (Lipinski definition) is 2. The molecule has 1 heterocycles. The van der Waals surface area contributed by atoms with Gasteiger partial charge in [0, 0.05) is 25.5 Å². The number of nitrogens with zero attached hydrogens (tertiary/aromatic N) is 1. The molecule has 0 saturated heterocycles. The van der Waals surface area contributed by atoms with E-state index in [0.717, 1.165) is 17.5 Å². The molecule has 0 aliphatic carbocycles. The molecule has 2 rings (SSSR count). The summed E-state index contributed by atoms with van der Waals surface area (Å²) in [5, 5.41) is 5.72. The number of aryl methyl sites for hydroxylation is 1. The third-order valence-corrected chi connectivity index (χ3v) is 3.97. The van der Waals surface area contributed by atoms with Crippen molar-refractivity contribution >= 4 is 11.8 Å². The Balaban J connectivity index is 1.96. The van der Waals surface area contributed by atoms with Gasteiger partial charge >= 0.3 is 0 Å². The molecule has 0 aliphatic rings. The first-order valence-corrected chi connectivity index (χ1v) is 8.53. The molecule has 1 aromatic heterocycles. The largest absolute Gasteiger partial charge is 0.352 e. The summed E-state index contributed by atoms with van der Waals surface area (Å²) >= 11 is 0. The summed E-state index contributed by atoms with van der Waals surface area (Å²) in [5.74, 6) is 0.0752. The van der Waals surface area contributed by atoms with E-state index in [1.165, 1.54) is 12.4 Å². The summed E-state index contributed by atoms with van der Waals surface area (Å²) in [6.45, 7) is 7.27. The Hall–Kier alpha value is -2.69. The number of nitrogens with one attached hydrogen (secondary N) is 2. The first-order valence-electron chi connectivity index (χ1n) is 8.53. The smallest absolute Gasteiger partial charge is 0.253 e. The van der Waals surface area contributed by atoms with Gasteiger partial charge in [0.25, 0.3) is 11.8 Å². The number of pyridine rings is 1. The van der Waals surface area contributed by atoms with Crippen molar-refractivity contribution in [3.8, 4) is 0 Å². The van der Waals surface area contributed by atoms with Gasteiger partial charge in [0.2, 0.25) is 0 Å². The second-order valence-electron chi connectivity index (χ2n) is 6.51. The summed E-state index contributed by atoms with van der Waals surface area (Å²) < 4.78 is 0. The molecule has 0 fully saturated rings. The van der Waals surface area contributed by atoms with Gasteiger partial charge in [-0.05, 0) is 36.5 Å². The molecule has 0 saturated carbocycles. The molecular weight excluding hydrogens is 314 g/mol. The zero-order valence-corrected chi connectivity index (χ0v) is 15.0. The van der Waals surface area contributed by atoms with E-state index in [1.54, 1.807) is 6.07 Å². The Morgan fingerprint density at radius 1 is 1.04 bits per heavy atom. The maximum absolute atomic E-state index is 12.3. The van der Waals surface area contributed by atoms with Crippen molar-refractivity contribution < 1.29 is 9.59 Å². The standard InChI is InChI=1S/C20H25N3O2/c1-14(2)8-9-22-19(24)17-10-18(12-21-11-17)20(25)23-13-16-7-5-4-6-15(16)3/h4-7,10-12,14H,8-9,13H2,1-3H3,(H,22,24)(H,23,25). The highest BCUT2D eigenvalue weighted by molar-refractivity contribution is 5.99. The Morgan fingerprint density at radius 2 is 1.68 bits per heavy atom. The lowest BCUT2D eigenvalue weighted by atomic mass is 10.1. The third-order valence-electron chi connectivity index (χ3n) is 3.97. The molecule has 2 N–H and O–H groups in total. The molecule has 1 aromatic carbocycles. The number of rotatable bonds is 7. The van der Waals surface area contributed by atoms with Crippen molar-refractivity contribution in [1.29, 1.82) is 0 Å². The molecule has 2 amide bonds. The van der Waals surface area contributed by atoms with Gasteiger partial charge < -0.3 is 10.6 Å². The predicted molar refractivity (Wildman–Crippen MR) is 98.4 cm³/mol. The van der Waals surface area contributed by atoms with Crippen LogP contribution in [0.5, 0.6) is 0 Å². The van der Waals surface area contributed by atoms with Crippen LogP contribution in [0.3, 0.4) is 0 Å². The topological polar surface area (TPSA) is 71.1 Å². The van der Waals surface area contributed by atoms with Crippen LogP contribution in [0.1, 0.15) is 52.1 Å². The van der Waals surface area contributed by atoms with E-state index in [2.05, 4.69) is 29.5 Å². The fourth-order valence-corrected chi connectivity index (χ4v) is 2.35. The van der Waals surface area contributed by atoms with Crippen molar-refractivity contribution in [2.75, 3.05) is 6.54 Å². The molecule has 0 unspecified atom stereocenters. The first-order chi connectivity index (χ1) is 12.0. The van der Waals surface area contributed by atoms with Gasteiger partial charge in [-0.3, -0.25) is 14.6 Å². The summed E-state index contributed by atoms with van der Waals surface area (Å²) in [4.78, 5) is 28.5. The minimum absolute atomic E-state index is 0.207. The lowest BCUT2D eigenvalue weighted by Gasteiger charge is -2.09. The van der Waals surface area contributed by atoms with Gasteiger partial charge in [-0.25, -0.2) is 0 Å². The lowest BCUT2D eigenvalue weighted by molar-refractivity contribution is 0.0950. The summed E-state index contributed by atoms with van der Waals surface area (Å²) in [6.07, 6.45) is 3.86.